The summed E-state index contributed by atoms with van der Waals surface area (Å²) in [6, 6.07) is 0. The molecule has 0 aliphatic carbocycles. The summed E-state index contributed by atoms with van der Waals surface area (Å²) < 4.78 is 5.03. The van der Waals surface area contributed by atoms with Crippen molar-refractivity contribution < 1.29 is 4.42 Å². The van der Waals surface area contributed by atoms with Gasteiger partial charge in [-0.3, -0.25) is 0 Å². The fourth-order valence-electron chi connectivity index (χ4n) is 0.803. The van der Waals surface area contributed by atoms with E-state index in [1.54, 1.807) is 6.20 Å². The van der Waals surface area contributed by atoms with Crippen LogP contribution in [0.3, 0.4) is 0 Å². The van der Waals surface area contributed by atoms with Gasteiger partial charge in [-0.2, -0.15) is 0 Å². The third kappa shape index (κ3) is 1.49. The summed E-state index contributed by atoms with van der Waals surface area (Å²) in [5.41, 5.74) is 6.69. The van der Waals surface area contributed by atoms with Gasteiger partial charge in [-0.05, 0) is 6.92 Å². The number of hydrogen-bond donors (Lipinski definition) is 1. The number of nitrogens with zero attached hydrogens (tertiary/aromatic N) is 1. The summed E-state index contributed by atoms with van der Waals surface area (Å²) in [4.78, 5) is 3.93. The minimum Gasteiger partial charge on any atom is -0.444 e. The van der Waals surface area contributed by atoms with Crippen molar-refractivity contribution in [3.8, 4) is 0 Å². The second kappa shape index (κ2) is 3.05. The van der Waals surface area contributed by atoms with Crippen LogP contribution in [0.15, 0.2) is 35.2 Å². The van der Waals surface area contributed by atoms with Gasteiger partial charge >= 0.3 is 0 Å². The molecule has 3 heteroatoms. The van der Waals surface area contributed by atoms with Crippen molar-refractivity contribution in [1.29, 1.82) is 0 Å². The molecule has 1 rings (SSSR count). The monoisotopic (exact) mass is 150 g/mol. The van der Waals surface area contributed by atoms with Crippen LogP contribution in [0.25, 0.3) is 5.57 Å². The van der Waals surface area contributed by atoms with Crippen molar-refractivity contribution in [2.45, 2.75) is 6.92 Å². The van der Waals surface area contributed by atoms with Crippen molar-refractivity contribution in [1.82, 2.24) is 4.98 Å². The molecule has 0 aliphatic heterocycles. The second-order valence-electron chi connectivity index (χ2n) is 2.06. The molecule has 2 N–H and O–H groups in total. The van der Waals surface area contributed by atoms with Crippen LogP contribution in [-0.2, 0) is 0 Å². The molecule has 0 saturated carbocycles. The Morgan fingerprint density at radius 3 is 2.91 bits per heavy atom. The molecule has 0 radical (unpaired) electrons. The van der Waals surface area contributed by atoms with E-state index < -0.39 is 0 Å². The van der Waals surface area contributed by atoms with Crippen LogP contribution in [0.5, 0.6) is 0 Å². The Morgan fingerprint density at radius 2 is 2.55 bits per heavy atom. The molecule has 11 heavy (non-hydrogen) atoms. The van der Waals surface area contributed by atoms with Gasteiger partial charge in [0.15, 0.2) is 0 Å². The fraction of sp³-hybridized carbons (Fsp3) is 0.125. The Hall–Kier alpha value is -1.51. The number of rotatable bonds is 2. The van der Waals surface area contributed by atoms with E-state index in [1.165, 1.54) is 6.26 Å². The van der Waals surface area contributed by atoms with Crippen molar-refractivity contribution >= 4 is 5.57 Å². The molecule has 1 aromatic rings. The van der Waals surface area contributed by atoms with E-state index in [9.17, 15) is 0 Å². The van der Waals surface area contributed by atoms with E-state index >= 15 is 0 Å². The summed E-state index contributed by atoms with van der Waals surface area (Å²) >= 11 is 0. The Kier molecular flexibility index (Phi) is 2.11. The van der Waals surface area contributed by atoms with Crippen LogP contribution in [0, 0.1) is 0 Å². The van der Waals surface area contributed by atoms with Gasteiger partial charge in [0, 0.05) is 5.70 Å². The van der Waals surface area contributed by atoms with Crippen molar-refractivity contribution in [2.24, 2.45) is 5.73 Å². The average Bonchev–Trinajstić information content (AvgIpc) is 2.40. The van der Waals surface area contributed by atoms with Crippen LogP contribution >= 0.6 is 0 Å². The van der Waals surface area contributed by atoms with Crippen molar-refractivity contribution in [3.05, 3.63) is 36.7 Å². The molecule has 1 heterocycles. The van der Waals surface area contributed by atoms with E-state index in [1.807, 2.05) is 13.0 Å². The summed E-state index contributed by atoms with van der Waals surface area (Å²) in [5, 5.41) is 0. The molecule has 0 spiro atoms. The van der Waals surface area contributed by atoms with E-state index in [0.717, 1.165) is 5.57 Å². The highest BCUT2D eigenvalue weighted by atomic mass is 16.3. The highest BCUT2D eigenvalue weighted by molar-refractivity contribution is 5.71. The van der Waals surface area contributed by atoms with Gasteiger partial charge < -0.3 is 10.2 Å². The molecule has 0 amide bonds. The number of nitrogens with two attached hydrogens (primary N) is 1. The molecule has 0 atom stereocenters. The van der Waals surface area contributed by atoms with Gasteiger partial charge in [-0.25, -0.2) is 4.98 Å². The van der Waals surface area contributed by atoms with Gasteiger partial charge in [0.05, 0.1) is 11.8 Å². The number of allylic oxidation sites excluding steroid dienone is 2. The smallest absolute Gasteiger partial charge is 0.227 e. The molecule has 0 aromatic carbocycles. The Balaban J connectivity index is 2.99. The lowest BCUT2D eigenvalue weighted by Gasteiger charge is -1.98. The lowest BCUT2D eigenvalue weighted by Crippen LogP contribution is -1.98. The summed E-state index contributed by atoms with van der Waals surface area (Å²) in [6.07, 6.45) is 4.89. The first kappa shape index (κ1) is 7.60. The Morgan fingerprint density at radius 1 is 1.82 bits per heavy atom. The lowest BCUT2D eigenvalue weighted by molar-refractivity contribution is 0.542. The van der Waals surface area contributed by atoms with Crippen LogP contribution in [0.2, 0.25) is 0 Å². The van der Waals surface area contributed by atoms with E-state index in [0.29, 0.717) is 11.6 Å². The first-order valence-electron chi connectivity index (χ1n) is 3.26. The highest BCUT2D eigenvalue weighted by Crippen LogP contribution is 2.15. The summed E-state index contributed by atoms with van der Waals surface area (Å²) in [5.74, 6) is 0.514. The van der Waals surface area contributed by atoms with Gasteiger partial charge in [-0.1, -0.05) is 12.7 Å². The first-order chi connectivity index (χ1) is 5.25. The van der Waals surface area contributed by atoms with Crippen LogP contribution in [-0.4, -0.2) is 4.98 Å². The average molecular weight is 150 g/mol. The second-order valence-corrected chi connectivity index (χ2v) is 2.06. The van der Waals surface area contributed by atoms with E-state index in [4.69, 9.17) is 10.2 Å². The van der Waals surface area contributed by atoms with Crippen LogP contribution in [0.1, 0.15) is 12.8 Å². The van der Waals surface area contributed by atoms with Gasteiger partial charge in [0.1, 0.15) is 6.26 Å². The molecule has 0 saturated heterocycles. The maximum absolute atomic E-state index is 5.48. The SMILES string of the molecule is C=C(N)/C(=C\C)c1ncco1. The molecule has 0 unspecified atom stereocenters. The van der Waals surface area contributed by atoms with Crippen molar-refractivity contribution in [3.63, 3.8) is 0 Å². The fourth-order valence-corrected chi connectivity index (χ4v) is 0.803. The largest absolute Gasteiger partial charge is 0.444 e. The predicted octanol–water partition coefficient (Wildman–Crippen LogP) is 1.55. The highest BCUT2D eigenvalue weighted by Gasteiger charge is 2.04. The maximum atomic E-state index is 5.48. The zero-order valence-electron chi connectivity index (χ0n) is 6.37. The minimum absolute atomic E-state index is 0.468. The van der Waals surface area contributed by atoms with Crippen LogP contribution in [0.4, 0.5) is 0 Å². The van der Waals surface area contributed by atoms with Crippen molar-refractivity contribution in [2.75, 3.05) is 0 Å². The standard InChI is InChI=1S/C8H10N2O/c1-3-7(6(2)9)8-10-4-5-11-8/h3-5H,2,9H2,1H3/b7-3+. The summed E-state index contributed by atoms with van der Waals surface area (Å²) in [7, 11) is 0. The van der Waals surface area contributed by atoms with E-state index in [-0.39, 0.29) is 0 Å². The zero-order chi connectivity index (χ0) is 8.27. The molecular formula is C8H10N2O. The summed E-state index contributed by atoms with van der Waals surface area (Å²) in [6.45, 7) is 5.45. The van der Waals surface area contributed by atoms with Crippen LogP contribution < -0.4 is 5.73 Å². The first-order valence-corrected chi connectivity index (χ1v) is 3.26. The molecule has 0 aliphatic rings. The van der Waals surface area contributed by atoms with E-state index in [2.05, 4.69) is 11.6 Å². The minimum atomic E-state index is 0.468. The third-order valence-corrected chi connectivity index (χ3v) is 1.30. The number of aromatic nitrogens is 1. The lowest BCUT2D eigenvalue weighted by atomic mass is 10.2. The maximum Gasteiger partial charge on any atom is 0.227 e. The normalized spacial score (nSPS) is 11.5. The number of hydrogen-bond acceptors (Lipinski definition) is 3. The quantitative estimate of drug-likeness (QED) is 0.651. The molecule has 3 nitrogen and oxygen atoms in total. The van der Waals surface area contributed by atoms with Gasteiger partial charge in [0.2, 0.25) is 5.89 Å². The predicted molar refractivity (Wildman–Crippen MR) is 43.5 cm³/mol. The third-order valence-electron chi connectivity index (χ3n) is 1.30. The zero-order valence-corrected chi connectivity index (χ0v) is 6.37. The Labute approximate surface area is 65.2 Å². The molecule has 58 valence electrons. The number of oxazole rings is 1. The molecule has 0 fully saturated rings. The molecule has 1 aromatic heterocycles. The van der Waals surface area contributed by atoms with Gasteiger partial charge in [-0.15, -0.1) is 0 Å². The molecular weight excluding hydrogens is 140 g/mol. The van der Waals surface area contributed by atoms with Gasteiger partial charge in [0.25, 0.3) is 0 Å². The Bertz CT molecular complexity index is 272. The molecule has 0 bridgehead atoms. The topological polar surface area (TPSA) is 52.0 Å².